The molecule has 2 nitrogen and oxygen atoms in total. The summed E-state index contributed by atoms with van der Waals surface area (Å²) in [5.41, 5.74) is 18.6. The van der Waals surface area contributed by atoms with E-state index < -0.39 is 0 Å². The average Bonchev–Trinajstić information content (AvgIpc) is 4.06. The van der Waals surface area contributed by atoms with Crippen LogP contribution in [0.25, 0.3) is 111 Å². The highest BCUT2D eigenvalue weighted by molar-refractivity contribution is 6.23. The summed E-state index contributed by atoms with van der Waals surface area (Å²) in [7, 11) is 0. The number of fused-ring (bicyclic) bond motifs is 2. The number of hydrogen-bond acceptors (Lipinski definition) is 0. The van der Waals surface area contributed by atoms with Crippen molar-refractivity contribution < 1.29 is 0 Å². The van der Waals surface area contributed by atoms with Gasteiger partial charge in [0.15, 0.2) is 0 Å². The second kappa shape index (κ2) is 16.8. The lowest BCUT2D eigenvalue weighted by molar-refractivity contribution is 1.10. The van der Waals surface area contributed by atoms with Crippen LogP contribution in [0.3, 0.4) is 0 Å². The SMILES string of the molecule is c1ccc(-c2ccccc2-c2c3ccc(-n4c(-c5ccccc5)ccc4-c4ccccc4)cc3c(-c3ccccc3)c3ccc(-n4c(-c5ccccc5)ccc4-c4ccccc4)cc23)cc1. The molecule has 0 aliphatic carbocycles. The molecule has 0 N–H and O–H groups in total. The van der Waals surface area contributed by atoms with Crippen LogP contribution in [0.4, 0.5) is 0 Å². The van der Waals surface area contributed by atoms with Gasteiger partial charge < -0.3 is 9.13 Å². The maximum absolute atomic E-state index is 2.44. The predicted octanol–water partition coefficient (Wildman–Crippen LogP) is 17.2. The minimum Gasteiger partial charge on any atom is -0.309 e. The maximum Gasteiger partial charge on any atom is 0.0535 e. The monoisotopic (exact) mass is 840 g/mol. The molecule has 2 aromatic heterocycles. The highest BCUT2D eigenvalue weighted by Gasteiger charge is 2.23. The van der Waals surface area contributed by atoms with Crippen LogP contribution in [0.2, 0.25) is 0 Å². The van der Waals surface area contributed by atoms with Crippen molar-refractivity contribution in [2.45, 2.75) is 0 Å². The fraction of sp³-hybridized carbons (Fsp3) is 0. The second-order valence-electron chi connectivity index (χ2n) is 16.8. The van der Waals surface area contributed by atoms with Crippen LogP contribution in [-0.2, 0) is 0 Å². The van der Waals surface area contributed by atoms with Gasteiger partial charge in [0.25, 0.3) is 0 Å². The number of benzene rings is 10. The zero-order valence-corrected chi connectivity index (χ0v) is 36.3. The fourth-order valence-corrected chi connectivity index (χ4v) is 10.0. The minimum absolute atomic E-state index is 1.10. The van der Waals surface area contributed by atoms with Crippen molar-refractivity contribution in [3.63, 3.8) is 0 Å². The molecule has 0 bridgehead atoms. The van der Waals surface area contributed by atoms with E-state index in [1.54, 1.807) is 0 Å². The number of rotatable bonds is 9. The van der Waals surface area contributed by atoms with E-state index in [2.05, 4.69) is 276 Å². The fourth-order valence-electron chi connectivity index (χ4n) is 10.0. The molecular weight excluding hydrogens is 797 g/mol. The third kappa shape index (κ3) is 6.84. The molecule has 0 unspecified atom stereocenters. The van der Waals surface area contributed by atoms with Gasteiger partial charge in [-0.2, -0.15) is 0 Å². The maximum atomic E-state index is 2.44. The first-order chi connectivity index (χ1) is 32.8. The first kappa shape index (κ1) is 38.9. The van der Waals surface area contributed by atoms with E-state index in [9.17, 15) is 0 Å². The van der Waals surface area contributed by atoms with Crippen LogP contribution in [-0.4, -0.2) is 9.13 Å². The van der Waals surface area contributed by atoms with Crippen molar-refractivity contribution in [3.05, 3.63) is 267 Å². The number of hydrogen-bond donors (Lipinski definition) is 0. The molecule has 0 saturated carbocycles. The van der Waals surface area contributed by atoms with Crippen molar-refractivity contribution in [3.8, 4) is 89.8 Å². The molecule has 12 aromatic rings. The van der Waals surface area contributed by atoms with Crippen molar-refractivity contribution in [2.75, 3.05) is 0 Å². The van der Waals surface area contributed by atoms with E-state index in [1.807, 2.05) is 0 Å². The second-order valence-corrected chi connectivity index (χ2v) is 16.8. The third-order valence-corrected chi connectivity index (χ3v) is 13.0. The molecule has 0 aliphatic rings. The Morgan fingerprint density at radius 1 is 0.197 bits per heavy atom. The van der Waals surface area contributed by atoms with E-state index in [4.69, 9.17) is 0 Å². The molecule has 0 saturated heterocycles. The molecule has 0 aliphatic heterocycles. The normalized spacial score (nSPS) is 11.3. The van der Waals surface area contributed by atoms with Crippen molar-refractivity contribution >= 4 is 21.5 Å². The Labute approximate surface area is 385 Å². The Morgan fingerprint density at radius 2 is 0.500 bits per heavy atom. The molecule has 0 radical (unpaired) electrons. The third-order valence-electron chi connectivity index (χ3n) is 13.0. The summed E-state index contributed by atoms with van der Waals surface area (Å²) in [5.74, 6) is 0. The van der Waals surface area contributed by atoms with Crippen LogP contribution in [0.15, 0.2) is 267 Å². The number of aromatic nitrogens is 2. The summed E-state index contributed by atoms with van der Waals surface area (Å²) in [5, 5.41) is 4.78. The molecule has 0 atom stereocenters. The molecule has 12 rings (SSSR count). The molecular formula is C64H44N2. The van der Waals surface area contributed by atoms with Gasteiger partial charge >= 0.3 is 0 Å². The van der Waals surface area contributed by atoms with E-state index in [-0.39, 0.29) is 0 Å². The summed E-state index contributed by atoms with van der Waals surface area (Å²) in [6.45, 7) is 0. The van der Waals surface area contributed by atoms with Gasteiger partial charge in [0, 0.05) is 11.4 Å². The molecule has 0 amide bonds. The van der Waals surface area contributed by atoms with Crippen LogP contribution >= 0.6 is 0 Å². The number of nitrogens with zero attached hydrogens (tertiary/aromatic N) is 2. The Hall–Kier alpha value is -8.72. The zero-order valence-electron chi connectivity index (χ0n) is 36.3. The predicted molar refractivity (Wildman–Crippen MR) is 278 cm³/mol. The van der Waals surface area contributed by atoms with Crippen LogP contribution in [0, 0.1) is 0 Å². The highest BCUT2D eigenvalue weighted by atomic mass is 15.0. The topological polar surface area (TPSA) is 9.86 Å². The van der Waals surface area contributed by atoms with Gasteiger partial charge in [0.2, 0.25) is 0 Å². The van der Waals surface area contributed by atoms with Gasteiger partial charge in [0.05, 0.1) is 22.8 Å². The van der Waals surface area contributed by atoms with E-state index in [1.165, 1.54) is 77.2 Å². The first-order valence-electron chi connectivity index (χ1n) is 22.7. The Kier molecular flexibility index (Phi) is 9.89. The van der Waals surface area contributed by atoms with Crippen molar-refractivity contribution in [1.82, 2.24) is 9.13 Å². The Morgan fingerprint density at radius 3 is 0.894 bits per heavy atom. The van der Waals surface area contributed by atoms with Crippen LogP contribution in [0.1, 0.15) is 0 Å². The van der Waals surface area contributed by atoms with Crippen LogP contribution in [0.5, 0.6) is 0 Å². The van der Waals surface area contributed by atoms with E-state index in [0.717, 1.165) is 34.2 Å². The Balaban J connectivity index is 1.21. The summed E-state index contributed by atoms with van der Waals surface area (Å²) >= 11 is 0. The largest absolute Gasteiger partial charge is 0.309 e. The quantitative estimate of drug-likeness (QED) is 0.128. The first-order valence-corrected chi connectivity index (χ1v) is 22.7. The molecule has 2 heterocycles. The van der Waals surface area contributed by atoms with Gasteiger partial charge in [-0.05, 0) is 126 Å². The van der Waals surface area contributed by atoms with Gasteiger partial charge in [-0.3, -0.25) is 0 Å². The summed E-state index contributed by atoms with van der Waals surface area (Å²) < 4.78 is 4.88. The molecule has 0 fully saturated rings. The van der Waals surface area contributed by atoms with Gasteiger partial charge in [0.1, 0.15) is 0 Å². The van der Waals surface area contributed by atoms with Gasteiger partial charge in [-0.25, -0.2) is 0 Å². The minimum atomic E-state index is 1.10. The zero-order chi connectivity index (χ0) is 43.8. The highest BCUT2D eigenvalue weighted by Crippen LogP contribution is 2.48. The lowest BCUT2D eigenvalue weighted by Crippen LogP contribution is -2.02. The van der Waals surface area contributed by atoms with Crippen molar-refractivity contribution in [1.29, 1.82) is 0 Å². The summed E-state index contributed by atoms with van der Waals surface area (Å²) in [6, 6.07) is 97.1. The van der Waals surface area contributed by atoms with E-state index in [0.29, 0.717) is 0 Å². The van der Waals surface area contributed by atoms with Crippen LogP contribution < -0.4 is 0 Å². The Bertz CT molecular complexity index is 3530. The van der Waals surface area contributed by atoms with Gasteiger partial charge in [-0.15, -0.1) is 0 Å². The van der Waals surface area contributed by atoms with Crippen molar-refractivity contribution in [2.24, 2.45) is 0 Å². The van der Waals surface area contributed by atoms with E-state index >= 15 is 0 Å². The summed E-state index contributed by atoms with van der Waals surface area (Å²) in [6.07, 6.45) is 0. The standard InChI is InChI=1S/C64H44N2/c1-7-21-45(22-8-1)53-33-19-20-34-54(53)64-56-38-36-51(65-59(46-23-9-2-10-24-46)39-40-60(65)47-25-11-3-12-26-47)43-57(56)63(50-31-17-6-18-32-50)55-37-35-52(44-58(55)64)66-61(48-27-13-4-14-28-48)41-42-62(66)49-29-15-5-16-30-49/h1-44H. The smallest absolute Gasteiger partial charge is 0.0535 e. The molecule has 2 heteroatoms. The van der Waals surface area contributed by atoms with Gasteiger partial charge in [-0.1, -0.05) is 218 Å². The molecule has 310 valence electrons. The lowest BCUT2D eigenvalue weighted by Gasteiger charge is -2.23. The molecule has 10 aromatic carbocycles. The average molecular weight is 841 g/mol. The molecule has 0 spiro atoms. The summed E-state index contributed by atoms with van der Waals surface area (Å²) in [4.78, 5) is 0. The lowest BCUT2D eigenvalue weighted by atomic mass is 9.83. The molecule has 66 heavy (non-hydrogen) atoms.